The number of nitrogens with zero attached hydrogens (tertiary/aromatic N) is 4. The van der Waals surface area contributed by atoms with Crippen LogP contribution in [-0.4, -0.2) is 34.4 Å². The summed E-state index contributed by atoms with van der Waals surface area (Å²) in [6, 6.07) is 10.7. The molecule has 0 bridgehead atoms. The van der Waals surface area contributed by atoms with Crippen molar-refractivity contribution >= 4 is 29.2 Å². The molecule has 0 aromatic heterocycles. The molecule has 0 aliphatic carbocycles. The Morgan fingerprint density at radius 1 is 1.27 bits per heavy atom. The van der Waals surface area contributed by atoms with Gasteiger partial charge in [0.15, 0.2) is 5.71 Å². The summed E-state index contributed by atoms with van der Waals surface area (Å²) in [4.78, 5) is 24.3. The summed E-state index contributed by atoms with van der Waals surface area (Å²) in [7, 11) is 0. The van der Waals surface area contributed by atoms with Crippen LogP contribution in [0, 0.1) is 10.1 Å². The van der Waals surface area contributed by atoms with Gasteiger partial charge in [0.05, 0.1) is 16.8 Å². The standard InChI is InChI=1S/C18H14N4O4/c1-2-9-21-15-6-4-3-5-14(15)17(18(21)24)20-19-11-12-10-13(22(25)26)7-8-16(12)23/h2-8,10-11,23H,1,9H2/b19-11-,20-17-. The van der Waals surface area contributed by atoms with Gasteiger partial charge in [0.1, 0.15) is 5.75 Å². The van der Waals surface area contributed by atoms with Gasteiger partial charge in [-0.2, -0.15) is 5.10 Å². The van der Waals surface area contributed by atoms with Crippen LogP contribution < -0.4 is 4.90 Å². The topological polar surface area (TPSA) is 108 Å². The van der Waals surface area contributed by atoms with E-state index in [1.54, 1.807) is 24.3 Å². The molecule has 1 heterocycles. The van der Waals surface area contributed by atoms with Crippen molar-refractivity contribution in [3.63, 3.8) is 0 Å². The van der Waals surface area contributed by atoms with Crippen LogP contribution in [0.2, 0.25) is 0 Å². The number of benzene rings is 2. The number of carbonyl (C=O) groups excluding carboxylic acids is 1. The minimum Gasteiger partial charge on any atom is -0.507 e. The SMILES string of the molecule is C=CCN1C(=O)/C(=N\N=C/c2cc([N+](=O)[O-])ccc2O)c2ccccc21. The first-order chi connectivity index (χ1) is 12.5. The molecule has 1 N–H and O–H groups in total. The fourth-order valence-electron chi connectivity index (χ4n) is 2.58. The zero-order chi connectivity index (χ0) is 18.7. The number of anilines is 1. The Bertz CT molecular complexity index is 965. The zero-order valence-corrected chi connectivity index (χ0v) is 13.6. The van der Waals surface area contributed by atoms with Crippen LogP contribution in [0.3, 0.4) is 0 Å². The van der Waals surface area contributed by atoms with Gasteiger partial charge in [-0.3, -0.25) is 14.9 Å². The highest BCUT2D eigenvalue weighted by atomic mass is 16.6. The second-order valence-electron chi connectivity index (χ2n) is 5.41. The van der Waals surface area contributed by atoms with Crippen LogP contribution in [0.1, 0.15) is 11.1 Å². The van der Waals surface area contributed by atoms with E-state index in [1.165, 1.54) is 29.3 Å². The van der Waals surface area contributed by atoms with Gasteiger partial charge in [0, 0.05) is 29.8 Å². The Kier molecular flexibility index (Phi) is 4.57. The average molecular weight is 350 g/mol. The fraction of sp³-hybridized carbons (Fsp3) is 0.0556. The van der Waals surface area contributed by atoms with Gasteiger partial charge < -0.3 is 10.0 Å². The molecule has 0 saturated carbocycles. The Morgan fingerprint density at radius 2 is 2.04 bits per heavy atom. The summed E-state index contributed by atoms with van der Waals surface area (Å²) in [5.74, 6) is -0.488. The Hall–Kier alpha value is -3.81. The fourth-order valence-corrected chi connectivity index (χ4v) is 2.58. The number of nitro benzene ring substituents is 1. The van der Waals surface area contributed by atoms with E-state index in [1.807, 2.05) is 6.07 Å². The van der Waals surface area contributed by atoms with E-state index in [2.05, 4.69) is 16.8 Å². The third kappa shape index (κ3) is 3.07. The Morgan fingerprint density at radius 3 is 2.77 bits per heavy atom. The zero-order valence-electron chi connectivity index (χ0n) is 13.6. The number of rotatable bonds is 5. The minimum absolute atomic E-state index is 0.130. The smallest absolute Gasteiger partial charge is 0.279 e. The van der Waals surface area contributed by atoms with Crippen molar-refractivity contribution in [3.05, 3.63) is 76.4 Å². The Labute approximate surface area is 148 Å². The third-order valence-corrected chi connectivity index (χ3v) is 3.79. The molecule has 0 spiro atoms. The summed E-state index contributed by atoms with van der Waals surface area (Å²) in [5, 5.41) is 28.4. The molecule has 1 aliphatic heterocycles. The van der Waals surface area contributed by atoms with E-state index in [4.69, 9.17) is 0 Å². The van der Waals surface area contributed by atoms with Crippen LogP contribution in [0.4, 0.5) is 11.4 Å². The number of nitro groups is 1. The normalized spacial score (nSPS) is 14.8. The highest BCUT2D eigenvalue weighted by Gasteiger charge is 2.32. The van der Waals surface area contributed by atoms with E-state index in [-0.39, 0.29) is 28.6 Å². The van der Waals surface area contributed by atoms with Crippen molar-refractivity contribution in [1.82, 2.24) is 0 Å². The lowest BCUT2D eigenvalue weighted by Gasteiger charge is -2.13. The first kappa shape index (κ1) is 17.0. The predicted molar refractivity (Wildman–Crippen MR) is 97.9 cm³/mol. The molecule has 0 atom stereocenters. The molecule has 2 aromatic rings. The van der Waals surface area contributed by atoms with Gasteiger partial charge in [0.2, 0.25) is 0 Å². The number of para-hydroxylation sites is 1. The number of amides is 1. The molecule has 0 unspecified atom stereocenters. The highest BCUT2D eigenvalue weighted by molar-refractivity contribution is 6.54. The van der Waals surface area contributed by atoms with Crippen LogP contribution in [-0.2, 0) is 4.79 Å². The van der Waals surface area contributed by atoms with Gasteiger partial charge in [-0.1, -0.05) is 24.3 Å². The molecule has 0 radical (unpaired) electrons. The summed E-state index contributed by atoms with van der Waals surface area (Å²) in [6.45, 7) is 3.98. The summed E-state index contributed by atoms with van der Waals surface area (Å²) in [6.07, 6.45) is 2.78. The van der Waals surface area contributed by atoms with Crippen LogP contribution in [0.15, 0.2) is 65.3 Å². The number of hydrogen-bond donors (Lipinski definition) is 1. The first-order valence-corrected chi connectivity index (χ1v) is 7.63. The summed E-state index contributed by atoms with van der Waals surface area (Å²) in [5.41, 5.74) is 1.45. The van der Waals surface area contributed by atoms with Gasteiger partial charge >= 0.3 is 0 Å². The third-order valence-electron chi connectivity index (χ3n) is 3.79. The van der Waals surface area contributed by atoms with Crippen LogP contribution in [0.5, 0.6) is 5.75 Å². The van der Waals surface area contributed by atoms with Crippen molar-refractivity contribution in [2.45, 2.75) is 0 Å². The van der Waals surface area contributed by atoms with Crippen molar-refractivity contribution in [1.29, 1.82) is 0 Å². The van der Waals surface area contributed by atoms with Crippen molar-refractivity contribution in [2.75, 3.05) is 11.4 Å². The van der Waals surface area contributed by atoms with Gasteiger partial charge in [-0.05, 0) is 12.1 Å². The molecule has 1 amide bonds. The number of aromatic hydroxyl groups is 1. The second-order valence-corrected chi connectivity index (χ2v) is 5.41. The Balaban J connectivity index is 1.95. The molecule has 3 rings (SSSR count). The second kappa shape index (κ2) is 6.98. The van der Waals surface area contributed by atoms with Gasteiger partial charge in [-0.15, -0.1) is 11.7 Å². The molecule has 8 nitrogen and oxygen atoms in total. The van der Waals surface area contributed by atoms with E-state index < -0.39 is 4.92 Å². The summed E-state index contributed by atoms with van der Waals surface area (Å²) < 4.78 is 0. The molecule has 130 valence electrons. The molecule has 0 saturated heterocycles. The van der Waals surface area contributed by atoms with E-state index in [0.29, 0.717) is 17.8 Å². The average Bonchev–Trinajstić information content (AvgIpc) is 2.89. The lowest BCUT2D eigenvalue weighted by molar-refractivity contribution is -0.384. The van der Waals surface area contributed by atoms with Crippen molar-refractivity contribution in [3.8, 4) is 5.75 Å². The molecule has 0 fully saturated rings. The van der Waals surface area contributed by atoms with Crippen LogP contribution >= 0.6 is 0 Å². The van der Waals surface area contributed by atoms with Crippen molar-refractivity contribution in [2.24, 2.45) is 10.2 Å². The van der Waals surface area contributed by atoms with Crippen LogP contribution in [0.25, 0.3) is 0 Å². The maximum atomic E-state index is 12.5. The molecule has 8 heteroatoms. The lowest BCUT2D eigenvalue weighted by Crippen LogP contribution is -2.30. The maximum Gasteiger partial charge on any atom is 0.279 e. The van der Waals surface area contributed by atoms with E-state index in [0.717, 1.165) is 0 Å². The largest absolute Gasteiger partial charge is 0.507 e. The number of carbonyl (C=O) groups is 1. The van der Waals surface area contributed by atoms with Gasteiger partial charge in [-0.25, -0.2) is 0 Å². The molecular weight excluding hydrogens is 336 g/mol. The molecule has 26 heavy (non-hydrogen) atoms. The number of fused-ring (bicyclic) bond motifs is 1. The monoisotopic (exact) mass is 350 g/mol. The maximum absolute atomic E-state index is 12.5. The number of phenols is 1. The number of hydrogen-bond acceptors (Lipinski definition) is 6. The molecule has 1 aliphatic rings. The van der Waals surface area contributed by atoms with Crippen molar-refractivity contribution < 1.29 is 14.8 Å². The molecular formula is C18H14N4O4. The predicted octanol–water partition coefficient (Wildman–Crippen LogP) is 2.66. The quantitative estimate of drug-likeness (QED) is 0.387. The first-order valence-electron chi connectivity index (χ1n) is 7.63. The minimum atomic E-state index is -0.577. The highest BCUT2D eigenvalue weighted by Crippen LogP contribution is 2.29. The summed E-state index contributed by atoms with van der Waals surface area (Å²) >= 11 is 0. The number of non-ortho nitro benzene ring substituents is 1. The van der Waals surface area contributed by atoms with E-state index >= 15 is 0 Å². The van der Waals surface area contributed by atoms with E-state index in [9.17, 15) is 20.0 Å². The number of phenolic OH excluding ortho intramolecular Hbond substituents is 1. The van der Waals surface area contributed by atoms with Gasteiger partial charge in [0.25, 0.3) is 11.6 Å². The molecule has 2 aromatic carbocycles. The lowest BCUT2D eigenvalue weighted by atomic mass is 10.1.